The van der Waals surface area contributed by atoms with Gasteiger partial charge in [0.2, 0.25) is 0 Å². The molecule has 6 aromatic rings. The van der Waals surface area contributed by atoms with Gasteiger partial charge in [0.15, 0.2) is 0 Å². The number of rotatable bonds is 4. The highest BCUT2D eigenvalue weighted by Crippen LogP contribution is 2.29. The molecule has 0 bridgehead atoms. The van der Waals surface area contributed by atoms with E-state index in [0.717, 1.165) is 56.9 Å². The normalized spacial score (nSPS) is 11.1. The fourth-order valence-electron chi connectivity index (χ4n) is 4.54. The average Bonchev–Trinajstić information content (AvgIpc) is 3.26. The fraction of sp³-hybridized carbons (Fsp3) is 0.167. The summed E-state index contributed by atoms with van der Waals surface area (Å²) in [5.41, 5.74) is 14.6. The predicted molar refractivity (Wildman–Crippen MR) is 153 cm³/mol. The van der Waals surface area contributed by atoms with Gasteiger partial charge in [0, 0.05) is 42.7 Å². The van der Waals surface area contributed by atoms with Crippen LogP contribution >= 0.6 is 0 Å². The molecule has 0 amide bonds. The van der Waals surface area contributed by atoms with Crippen molar-refractivity contribution in [3.63, 3.8) is 0 Å². The fourth-order valence-corrected chi connectivity index (χ4v) is 4.54. The average molecular weight is 521 g/mol. The van der Waals surface area contributed by atoms with Crippen molar-refractivity contribution >= 4 is 38.9 Å². The number of benzene rings is 3. The number of aryl methyl sites for hydroxylation is 2. The predicted octanol–water partition coefficient (Wildman–Crippen LogP) is 4.70. The zero-order chi connectivity index (χ0) is 27.7. The number of hydrogen-bond acceptors (Lipinski definition) is 6. The summed E-state index contributed by atoms with van der Waals surface area (Å²) in [4.78, 5) is 39.3. The Bertz CT molecular complexity index is 1900. The second-order valence-electron chi connectivity index (χ2n) is 9.39. The lowest BCUT2D eigenvalue weighted by atomic mass is 10.1. The van der Waals surface area contributed by atoms with E-state index in [1.165, 1.54) is 0 Å². The minimum absolute atomic E-state index is 0.233. The van der Waals surface area contributed by atoms with Crippen LogP contribution in [0.25, 0.3) is 44.2 Å². The van der Waals surface area contributed by atoms with Crippen molar-refractivity contribution in [3.05, 3.63) is 99.7 Å². The Morgan fingerprint density at radius 1 is 0.923 bits per heavy atom. The van der Waals surface area contributed by atoms with E-state index < -0.39 is 5.97 Å². The molecule has 0 radical (unpaired) electrons. The molecule has 3 aromatic heterocycles. The van der Waals surface area contributed by atoms with Gasteiger partial charge in [-0.2, -0.15) is 0 Å². The third-order valence-electron chi connectivity index (χ3n) is 6.54. The van der Waals surface area contributed by atoms with E-state index in [-0.39, 0.29) is 5.56 Å². The van der Waals surface area contributed by atoms with Gasteiger partial charge in [0.25, 0.3) is 11.5 Å². The number of carboxylic acids is 1. The van der Waals surface area contributed by atoms with Crippen molar-refractivity contribution in [2.45, 2.75) is 33.9 Å². The molecule has 196 valence electrons. The molecule has 3 aromatic carbocycles. The van der Waals surface area contributed by atoms with E-state index in [0.29, 0.717) is 29.8 Å². The molecule has 0 fully saturated rings. The molecule has 0 saturated heterocycles. The van der Waals surface area contributed by atoms with Crippen molar-refractivity contribution in [2.24, 2.45) is 5.73 Å². The van der Waals surface area contributed by atoms with Crippen LogP contribution in [0.15, 0.2) is 71.7 Å². The van der Waals surface area contributed by atoms with E-state index >= 15 is 0 Å². The topological polar surface area (TPSA) is 140 Å². The first kappa shape index (κ1) is 25.7. The zero-order valence-corrected chi connectivity index (χ0v) is 21.9. The summed E-state index contributed by atoms with van der Waals surface area (Å²) < 4.78 is 2.16. The molecule has 0 saturated carbocycles. The number of nitrogens with one attached hydrogen (secondary N) is 1. The number of aliphatic carboxylic acids is 1. The first-order valence-corrected chi connectivity index (χ1v) is 12.5. The van der Waals surface area contributed by atoms with E-state index in [4.69, 9.17) is 20.6 Å². The molecule has 0 atom stereocenters. The molecule has 0 aliphatic carbocycles. The van der Waals surface area contributed by atoms with E-state index in [2.05, 4.69) is 37.7 Å². The SMILES string of the molecule is CC(=O)O.Cc1nc2cc3nc(-c4cn(Cc5ccc(CN)cc5)c5ccccc45)c(=O)[nH]c3cc2nc1C. The van der Waals surface area contributed by atoms with Crippen molar-refractivity contribution in [2.75, 3.05) is 0 Å². The summed E-state index contributed by atoms with van der Waals surface area (Å²) >= 11 is 0. The van der Waals surface area contributed by atoms with E-state index in [1.807, 2.05) is 62.5 Å². The molecular weight excluding hydrogens is 492 g/mol. The van der Waals surface area contributed by atoms with Gasteiger partial charge in [-0.3, -0.25) is 9.59 Å². The van der Waals surface area contributed by atoms with Crippen LogP contribution in [0, 0.1) is 13.8 Å². The Balaban J connectivity index is 0.000000723. The lowest BCUT2D eigenvalue weighted by Gasteiger charge is -2.06. The van der Waals surface area contributed by atoms with Gasteiger partial charge in [0.1, 0.15) is 5.69 Å². The maximum atomic E-state index is 13.2. The molecule has 0 unspecified atom stereocenters. The molecule has 0 aliphatic rings. The summed E-state index contributed by atoms with van der Waals surface area (Å²) in [7, 11) is 0. The maximum absolute atomic E-state index is 13.2. The minimum Gasteiger partial charge on any atom is -0.481 e. The van der Waals surface area contributed by atoms with Gasteiger partial charge in [-0.15, -0.1) is 0 Å². The number of carbonyl (C=O) groups is 1. The van der Waals surface area contributed by atoms with Gasteiger partial charge in [-0.05, 0) is 43.2 Å². The molecule has 9 heteroatoms. The van der Waals surface area contributed by atoms with Crippen molar-refractivity contribution in [1.82, 2.24) is 24.5 Å². The number of aromatic nitrogens is 5. The van der Waals surface area contributed by atoms with Crippen molar-refractivity contribution in [3.8, 4) is 11.3 Å². The van der Waals surface area contributed by atoms with Crippen molar-refractivity contribution in [1.29, 1.82) is 0 Å². The van der Waals surface area contributed by atoms with Crippen LogP contribution in [-0.2, 0) is 17.9 Å². The largest absolute Gasteiger partial charge is 0.481 e. The number of fused-ring (bicyclic) bond motifs is 3. The van der Waals surface area contributed by atoms with Gasteiger partial charge in [-0.25, -0.2) is 15.0 Å². The number of nitrogens with two attached hydrogens (primary N) is 1. The smallest absolute Gasteiger partial charge is 0.300 e. The lowest BCUT2D eigenvalue weighted by Crippen LogP contribution is -2.11. The summed E-state index contributed by atoms with van der Waals surface area (Å²) in [5.74, 6) is -0.833. The van der Waals surface area contributed by atoms with Crippen LogP contribution < -0.4 is 11.3 Å². The molecule has 6 rings (SSSR count). The Morgan fingerprint density at radius 2 is 1.54 bits per heavy atom. The van der Waals surface area contributed by atoms with Gasteiger partial charge in [0.05, 0.1) is 33.5 Å². The van der Waals surface area contributed by atoms with Crippen LogP contribution in [0.2, 0.25) is 0 Å². The molecule has 3 heterocycles. The summed E-state index contributed by atoms with van der Waals surface area (Å²) in [6, 6.07) is 20.1. The summed E-state index contributed by atoms with van der Waals surface area (Å²) in [6.07, 6.45) is 2.01. The van der Waals surface area contributed by atoms with Gasteiger partial charge < -0.3 is 20.4 Å². The monoisotopic (exact) mass is 520 g/mol. The number of H-pyrrole nitrogens is 1. The minimum atomic E-state index is -0.833. The molecule has 4 N–H and O–H groups in total. The number of carboxylic acid groups (broad SMARTS) is 1. The number of hydrogen-bond donors (Lipinski definition) is 3. The van der Waals surface area contributed by atoms with E-state index in [9.17, 15) is 4.79 Å². The van der Waals surface area contributed by atoms with Crippen LogP contribution in [0.4, 0.5) is 0 Å². The second-order valence-corrected chi connectivity index (χ2v) is 9.39. The zero-order valence-electron chi connectivity index (χ0n) is 21.9. The third kappa shape index (κ3) is 5.25. The number of para-hydroxylation sites is 1. The lowest BCUT2D eigenvalue weighted by molar-refractivity contribution is -0.134. The highest BCUT2D eigenvalue weighted by molar-refractivity contribution is 5.97. The quantitative estimate of drug-likeness (QED) is 0.286. The van der Waals surface area contributed by atoms with Crippen LogP contribution in [0.3, 0.4) is 0 Å². The third-order valence-corrected chi connectivity index (χ3v) is 6.54. The van der Waals surface area contributed by atoms with E-state index in [1.54, 1.807) is 0 Å². The molecule has 0 spiro atoms. The Kier molecular flexibility index (Phi) is 6.91. The summed E-state index contributed by atoms with van der Waals surface area (Å²) in [6.45, 7) is 6.15. The number of aromatic amines is 1. The first-order chi connectivity index (χ1) is 18.7. The Hall–Kier alpha value is -4.89. The first-order valence-electron chi connectivity index (χ1n) is 12.5. The van der Waals surface area contributed by atoms with Crippen molar-refractivity contribution < 1.29 is 9.90 Å². The molecular formula is C30H28N6O3. The Labute approximate surface area is 224 Å². The van der Waals surface area contributed by atoms with Gasteiger partial charge >= 0.3 is 0 Å². The highest BCUT2D eigenvalue weighted by Gasteiger charge is 2.16. The van der Waals surface area contributed by atoms with Crippen LogP contribution in [-0.4, -0.2) is 35.6 Å². The summed E-state index contributed by atoms with van der Waals surface area (Å²) in [5, 5.41) is 8.40. The molecule has 0 aliphatic heterocycles. The Morgan fingerprint density at radius 3 is 2.21 bits per heavy atom. The van der Waals surface area contributed by atoms with Crippen LogP contribution in [0.1, 0.15) is 29.4 Å². The maximum Gasteiger partial charge on any atom is 0.300 e. The van der Waals surface area contributed by atoms with Gasteiger partial charge in [-0.1, -0.05) is 42.5 Å². The molecule has 39 heavy (non-hydrogen) atoms. The highest BCUT2D eigenvalue weighted by atomic mass is 16.4. The standard InChI is InChI=1S/C28H24N6O.C2H4O2/c1-16-17(2)31-23-12-25-24(11-22(23)30-16)32-27(28(35)33-25)21-15-34(26-6-4-3-5-20(21)26)14-19-9-7-18(13-29)8-10-19;1-2(3)4/h3-12,15H,13-14,29H2,1-2H3,(H,33,35);1H3,(H,3,4). The molecule has 9 nitrogen and oxygen atoms in total. The second kappa shape index (κ2) is 10.5. The number of nitrogens with zero attached hydrogens (tertiary/aromatic N) is 4. The van der Waals surface area contributed by atoms with Crippen LogP contribution in [0.5, 0.6) is 0 Å².